The van der Waals surface area contributed by atoms with Crippen molar-refractivity contribution in [3.05, 3.63) is 35.9 Å². The molecule has 1 aliphatic rings. The Labute approximate surface area is 113 Å². The van der Waals surface area contributed by atoms with Gasteiger partial charge in [0, 0.05) is 13.1 Å². The molecule has 2 N–H and O–H groups in total. The van der Waals surface area contributed by atoms with Gasteiger partial charge in [-0.25, -0.2) is 8.42 Å². The van der Waals surface area contributed by atoms with Crippen LogP contribution in [-0.4, -0.2) is 60.3 Å². The van der Waals surface area contributed by atoms with Crippen molar-refractivity contribution >= 4 is 9.84 Å². The first kappa shape index (κ1) is 14.5. The van der Waals surface area contributed by atoms with Crippen LogP contribution in [0.4, 0.5) is 0 Å². The lowest BCUT2D eigenvalue weighted by Gasteiger charge is -2.29. The number of hydrogen-bond donors (Lipinski definition) is 2. The summed E-state index contributed by atoms with van der Waals surface area (Å²) in [6.45, 7) is 0.820. The first-order chi connectivity index (χ1) is 9.02. The van der Waals surface area contributed by atoms with Crippen LogP contribution < -0.4 is 0 Å². The summed E-state index contributed by atoms with van der Waals surface area (Å²) < 4.78 is 23.1. The molecule has 0 spiro atoms. The van der Waals surface area contributed by atoms with E-state index >= 15 is 0 Å². The molecule has 0 saturated carbocycles. The molecule has 0 unspecified atom stereocenters. The summed E-state index contributed by atoms with van der Waals surface area (Å²) in [6.07, 6.45) is -0.875. The van der Waals surface area contributed by atoms with Gasteiger partial charge in [0.2, 0.25) is 0 Å². The Morgan fingerprint density at radius 3 is 2.42 bits per heavy atom. The van der Waals surface area contributed by atoms with Gasteiger partial charge in [0.1, 0.15) is 0 Å². The van der Waals surface area contributed by atoms with E-state index in [1.165, 1.54) is 0 Å². The number of benzene rings is 1. The summed E-state index contributed by atoms with van der Waals surface area (Å²) in [5, 5.41) is 19.0. The second-order valence-corrected chi connectivity index (χ2v) is 7.05. The molecule has 1 aliphatic heterocycles. The van der Waals surface area contributed by atoms with Gasteiger partial charge in [-0.1, -0.05) is 30.3 Å². The number of aliphatic hydroxyl groups is 2. The third-order valence-corrected chi connectivity index (χ3v) is 5.08. The normalized spacial score (nSPS) is 25.8. The van der Waals surface area contributed by atoms with E-state index < -0.39 is 22.0 Å². The first-order valence-electron chi connectivity index (χ1n) is 6.29. The van der Waals surface area contributed by atoms with E-state index in [4.69, 9.17) is 5.11 Å². The minimum atomic E-state index is -3.17. The summed E-state index contributed by atoms with van der Waals surface area (Å²) in [7, 11) is -3.17. The zero-order chi connectivity index (χ0) is 13.9. The molecular weight excluding hydrogens is 266 g/mol. The molecule has 106 valence electrons. The first-order valence-corrected chi connectivity index (χ1v) is 8.11. The summed E-state index contributed by atoms with van der Waals surface area (Å²) in [4.78, 5) is 1.84. The molecule has 1 fully saturated rings. The average molecular weight is 285 g/mol. The van der Waals surface area contributed by atoms with Crippen molar-refractivity contribution in [1.29, 1.82) is 0 Å². The van der Waals surface area contributed by atoms with E-state index in [1.54, 1.807) is 0 Å². The van der Waals surface area contributed by atoms with Crippen molar-refractivity contribution < 1.29 is 18.6 Å². The van der Waals surface area contributed by atoms with E-state index in [1.807, 2.05) is 35.2 Å². The molecule has 1 saturated heterocycles. The quantitative estimate of drug-likeness (QED) is 0.772. The topological polar surface area (TPSA) is 77.8 Å². The van der Waals surface area contributed by atoms with Gasteiger partial charge in [-0.15, -0.1) is 0 Å². The molecule has 2 rings (SSSR count). The molecule has 0 aromatic heterocycles. The SMILES string of the molecule is O=S1(=O)C[C@@H](O)[C@H](N(CCO)Cc2ccccc2)C1. The predicted molar refractivity (Wildman–Crippen MR) is 72.4 cm³/mol. The summed E-state index contributed by atoms with van der Waals surface area (Å²) in [5.41, 5.74) is 1.03. The van der Waals surface area contributed by atoms with Crippen LogP contribution >= 0.6 is 0 Å². The standard InChI is InChI=1S/C13H19NO4S/c15-7-6-14(8-11-4-2-1-3-5-11)12-9-19(17,18)10-13(12)16/h1-5,12-13,15-16H,6-10H2/t12-,13-/m1/s1. The molecule has 1 aromatic carbocycles. The van der Waals surface area contributed by atoms with Crippen LogP contribution in [0, 0.1) is 0 Å². The van der Waals surface area contributed by atoms with Gasteiger partial charge in [-0.3, -0.25) is 4.90 Å². The van der Waals surface area contributed by atoms with Crippen molar-refractivity contribution in [3.8, 4) is 0 Å². The van der Waals surface area contributed by atoms with Crippen molar-refractivity contribution in [2.45, 2.75) is 18.7 Å². The van der Waals surface area contributed by atoms with E-state index in [2.05, 4.69) is 0 Å². The van der Waals surface area contributed by atoms with Crippen LogP contribution in [0.15, 0.2) is 30.3 Å². The third kappa shape index (κ3) is 3.76. The Balaban J connectivity index is 2.12. The Bertz CT molecular complexity index is 503. The minimum Gasteiger partial charge on any atom is -0.395 e. The number of aliphatic hydroxyl groups excluding tert-OH is 2. The molecule has 1 heterocycles. The van der Waals surface area contributed by atoms with Crippen LogP contribution in [0.5, 0.6) is 0 Å². The maximum Gasteiger partial charge on any atom is 0.154 e. The number of sulfone groups is 1. The molecule has 19 heavy (non-hydrogen) atoms. The van der Waals surface area contributed by atoms with Gasteiger partial charge in [0.25, 0.3) is 0 Å². The van der Waals surface area contributed by atoms with E-state index in [9.17, 15) is 13.5 Å². The lowest BCUT2D eigenvalue weighted by atomic mass is 10.1. The largest absolute Gasteiger partial charge is 0.395 e. The van der Waals surface area contributed by atoms with Crippen LogP contribution in [0.1, 0.15) is 5.56 Å². The van der Waals surface area contributed by atoms with E-state index in [0.717, 1.165) is 5.56 Å². The van der Waals surface area contributed by atoms with Crippen molar-refractivity contribution in [2.24, 2.45) is 0 Å². The van der Waals surface area contributed by atoms with Crippen molar-refractivity contribution in [1.82, 2.24) is 4.90 Å². The molecule has 0 amide bonds. The van der Waals surface area contributed by atoms with Gasteiger partial charge in [0.05, 0.1) is 30.3 Å². The van der Waals surface area contributed by atoms with Gasteiger partial charge in [-0.05, 0) is 5.56 Å². The molecular formula is C13H19NO4S. The smallest absolute Gasteiger partial charge is 0.154 e. The van der Waals surface area contributed by atoms with E-state index in [-0.39, 0.29) is 18.1 Å². The Hall–Kier alpha value is -0.950. The monoisotopic (exact) mass is 285 g/mol. The summed E-state index contributed by atoms with van der Waals surface area (Å²) in [6, 6.07) is 9.19. The Morgan fingerprint density at radius 2 is 1.89 bits per heavy atom. The number of rotatable bonds is 5. The van der Waals surface area contributed by atoms with Crippen LogP contribution in [0.2, 0.25) is 0 Å². The molecule has 0 aliphatic carbocycles. The highest BCUT2D eigenvalue weighted by Crippen LogP contribution is 2.20. The molecule has 0 radical (unpaired) electrons. The molecule has 6 heteroatoms. The highest BCUT2D eigenvalue weighted by Gasteiger charge is 2.39. The average Bonchev–Trinajstić information content (AvgIpc) is 2.63. The molecule has 5 nitrogen and oxygen atoms in total. The number of hydrogen-bond acceptors (Lipinski definition) is 5. The van der Waals surface area contributed by atoms with Crippen LogP contribution in [-0.2, 0) is 16.4 Å². The predicted octanol–water partition coefficient (Wildman–Crippen LogP) is -0.361. The maximum absolute atomic E-state index is 11.6. The fraction of sp³-hybridized carbons (Fsp3) is 0.538. The zero-order valence-electron chi connectivity index (χ0n) is 10.6. The Kier molecular flexibility index (Phi) is 4.57. The second kappa shape index (κ2) is 6.00. The summed E-state index contributed by atoms with van der Waals surface area (Å²) in [5.74, 6) is -0.227. The van der Waals surface area contributed by atoms with Gasteiger partial charge in [0.15, 0.2) is 9.84 Å². The highest BCUT2D eigenvalue weighted by molar-refractivity contribution is 7.91. The van der Waals surface area contributed by atoms with Gasteiger partial charge in [-0.2, -0.15) is 0 Å². The minimum absolute atomic E-state index is 0.0407. The molecule has 1 aromatic rings. The highest BCUT2D eigenvalue weighted by atomic mass is 32.2. The summed E-state index contributed by atoms with van der Waals surface area (Å²) >= 11 is 0. The fourth-order valence-corrected chi connectivity index (χ4v) is 4.30. The maximum atomic E-state index is 11.6. The van der Waals surface area contributed by atoms with Gasteiger partial charge < -0.3 is 10.2 Å². The van der Waals surface area contributed by atoms with E-state index in [0.29, 0.717) is 13.1 Å². The van der Waals surface area contributed by atoms with Crippen molar-refractivity contribution in [2.75, 3.05) is 24.7 Å². The van der Waals surface area contributed by atoms with Crippen LogP contribution in [0.25, 0.3) is 0 Å². The number of nitrogens with zero attached hydrogens (tertiary/aromatic N) is 1. The van der Waals surface area contributed by atoms with Gasteiger partial charge >= 0.3 is 0 Å². The third-order valence-electron chi connectivity index (χ3n) is 3.38. The lowest BCUT2D eigenvalue weighted by molar-refractivity contribution is 0.0655. The zero-order valence-corrected chi connectivity index (χ0v) is 11.5. The fourth-order valence-electron chi connectivity index (χ4n) is 2.47. The second-order valence-electron chi connectivity index (χ2n) is 4.89. The van der Waals surface area contributed by atoms with Crippen molar-refractivity contribution in [3.63, 3.8) is 0 Å². The lowest BCUT2D eigenvalue weighted by Crippen LogP contribution is -2.44. The molecule has 2 atom stereocenters. The molecule has 0 bridgehead atoms. The Morgan fingerprint density at radius 1 is 1.21 bits per heavy atom. The van der Waals surface area contributed by atoms with Crippen LogP contribution in [0.3, 0.4) is 0 Å².